The molecule has 128 valence electrons. The topological polar surface area (TPSA) is 52.0 Å². The normalized spacial score (nSPS) is 13.8. The average Bonchev–Trinajstić information content (AvgIpc) is 2.97. The van der Waals surface area contributed by atoms with Gasteiger partial charge < -0.3 is 0 Å². The summed E-state index contributed by atoms with van der Waals surface area (Å²) in [6.45, 7) is 1.83. The van der Waals surface area contributed by atoms with E-state index in [0.29, 0.717) is 11.4 Å². The van der Waals surface area contributed by atoms with E-state index in [4.69, 9.17) is 0 Å². The van der Waals surface area contributed by atoms with E-state index < -0.39 is 0 Å². The van der Waals surface area contributed by atoms with Crippen LogP contribution in [0.15, 0.2) is 33.5 Å². The highest BCUT2D eigenvalue weighted by Crippen LogP contribution is 2.33. The first-order valence-electron chi connectivity index (χ1n) is 8.35. The fourth-order valence-electron chi connectivity index (χ4n) is 3.40. The minimum Gasteiger partial charge on any atom is -0.292 e. The van der Waals surface area contributed by atoms with Crippen molar-refractivity contribution < 1.29 is 4.79 Å². The Morgan fingerprint density at radius 3 is 2.72 bits per heavy atom. The zero-order chi connectivity index (χ0) is 17.6. The summed E-state index contributed by atoms with van der Waals surface area (Å²) >= 11 is 5.01. The molecule has 0 unspecified atom stereocenters. The molecule has 0 aliphatic heterocycles. The van der Waals surface area contributed by atoms with Gasteiger partial charge in [-0.3, -0.25) is 14.2 Å². The molecule has 4 rings (SSSR count). The van der Waals surface area contributed by atoms with E-state index in [-0.39, 0.29) is 17.9 Å². The number of aromatic nitrogens is 2. The highest BCUT2D eigenvalue weighted by molar-refractivity contribution is 9.10. The number of Topliss-reactive ketones (excluding diaryl/α,β-unsaturated/α-hetero) is 1. The van der Waals surface area contributed by atoms with Gasteiger partial charge in [0.2, 0.25) is 0 Å². The molecule has 0 radical (unpaired) electrons. The molecule has 0 atom stereocenters. The van der Waals surface area contributed by atoms with Crippen LogP contribution in [0.2, 0.25) is 0 Å². The van der Waals surface area contributed by atoms with Crippen molar-refractivity contribution >= 4 is 43.3 Å². The van der Waals surface area contributed by atoms with Crippen molar-refractivity contribution in [2.75, 3.05) is 0 Å². The molecule has 1 aromatic carbocycles. The van der Waals surface area contributed by atoms with E-state index in [0.717, 1.165) is 39.5 Å². The van der Waals surface area contributed by atoms with Crippen molar-refractivity contribution in [3.8, 4) is 0 Å². The Balaban J connectivity index is 1.78. The standard InChI is InChI=1S/C19H17BrN2O2S/c1-11-21-18-17(14-4-2-3-5-16(14)25-18)19(24)22(11)10-15(23)12-6-8-13(20)9-7-12/h6-9H,2-5,10H2,1H3. The van der Waals surface area contributed by atoms with E-state index in [2.05, 4.69) is 20.9 Å². The van der Waals surface area contributed by atoms with E-state index in [9.17, 15) is 9.59 Å². The lowest BCUT2D eigenvalue weighted by molar-refractivity contribution is 0.0969. The zero-order valence-electron chi connectivity index (χ0n) is 13.8. The van der Waals surface area contributed by atoms with E-state index in [1.807, 2.05) is 12.1 Å². The maximum Gasteiger partial charge on any atom is 0.262 e. The number of halogens is 1. The van der Waals surface area contributed by atoms with Crippen LogP contribution in [0, 0.1) is 6.92 Å². The van der Waals surface area contributed by atoms with Crippen LogP contribution in [0.5, 0.6) is 0 Å². The number of carbonyl (C=O) groups excluding carboxylic acids is 1. The number of nitrogens with zero attached hydrogens (tertiary/aromatic N) is 2. The Hall–Kier alpha value is -1.79. The third-order valence-corrected chi connectivity index (χ3v) is 6.45. The zero-order valence-corrected chi connectivity index (χ0v) is 16.2. The molecule has 0 amide bonds. The molecule has 0 spiro atoms. The number of hydrogen-bond acceptors (Lipinski definition) is 4. The van der Waals surface area contributed by atoms with E-state index in [1.165, 1.54) is 15.9 Å². The summed E-state index contributed by atoms with van der Waals surface area (Å²) in [5, 5.41) is 0.730. The number of rotatable bonds is 3. The Morgan fingerprint density at radius 2 is 1.96 bits per heavy atom. The molecule has 0 bridgehead atoms. The van der Waals surface area contributed by atoms with Gasteiger partial charge in [0.15, 0.2) is 5.78 Å². The highest BCUT2D eigenvalue weighted by Gasteiger charge is 2.22. The van der Waals surface area contributed by atoms with Gasteiger partial charge in [-0.25, -0.2) is 4.98 Å². The van der Waals surface area contributed by atoms with Crippen LogP contribution >= 0.6 is 27.3 Å². The summed E-state index contributed by atoms with van der Waals surface area (Å²) < 4.78 is 2.44. The molecule has 1 aliphatic rings. The van der Waals surface area contributed by atoms with Crippen LogP contribution in [0.1, 0.15) is 39.5 Å². The average molecular weight is 417 g/mol. The summed E-state index contributed by atoms with van der Waals surface area (Å²) in [6, 6.07) is 7.20. The van der Waals surface area contributed by atoms with Crippen LogP contribution in [-0.2, 0) is 19.4 Å². The molecule has 2 heterocycles. The van der Waals surface area contributed by atoms with Crippen LogP contribution in [0.4, 0.5) is 0 Å². The second kappa shape index (κ2) is 6.50. The number of benzene rings is 1. The van der Waals surface area contributed by atoms with Crippen molar-refractivity contribution in [1.29, 1.82) is 0 Å². The number of ketones is 1. The van der Waals surface area contributed by atoms with Crippen molar-refractivity contribution in [3.63, 3.8) is 0 Å². The van der Waals surface area contributed by atoms with Gasteiger partial charge in [-0.15, -0.1) is 11.3 Å². The van der Waals surface area contributed by atoms with Crippen molar-refractivity contribution in [1.82, 2.24) is 9.55 Å². The second-order valence-corrected chi connectivity index (χ2v) is 8.37. The maximum atomic E-state index is 13.1. The second-order valence-electron chi connectivity index (χ2n) is 6.37. The summed E-state index contributed by atoms with van der Waals surface area (Å²) in [6.07, 6.45) is 4.27. The first-order valence-corrected chi connectivity index (χ1v) is 9.96. The van der Waals surface area contributed by atoms with Gasteiger partial charge in [-0.1, -0.05) is 28.1 Å². The van der Waals surface area contributed by atoms with Gasteiger partial charge in [0.25, 0.3) is 5.56 Å². The summed E-state index contributed by atoms with van der Waals surface area (Å²) in [7, 11) is 0. The van der Waals surface area contributed by atoms with Crippen LogP contribution in [0.25, 0.3) is 10.2 Å². The Bertz CT molecular complexity index is 1030. The van der Waals surface area contributed by atoms with E-state index in [1.54, 1.807) is 30.4 Å². The fourth-order valence-corrected chi connectivity index (χ4v) is 4.96. The van der Waals surface area contributed by atoms with Gasteiger partial charge in [-0.2, -0.15) is 0 Å². The molecule has 2 aromatic heterocycles. The van der Waals surface area contributed by atoms with Gasteiger partial charge in [0.1, 0.15) is 10.7 Å². The lowest BCUT2D eigenvalue weighted by Crippen LogP contribution is -2.27. The minimum absolute atomic E-state index is 0.0276. The molecular formula is C19H17BrN2O2S. The molecule has 6 heteroatoms. The molecule has 3 aromatic rings. The van der Waals surface area contributed by atoms with Gasteiger partial charge >= 0.3 is 0 Å². The molecule has 0 N–H and O–H groups in total. The molecule has 0 saturated heterocycles. The summed E-state index contributed by atoms with van der Waals surface area (Å²) in [4.78, 5) is 32.4. The van der Waals surface area contributed by atoms with Crippen molar-refractivity contribution in [2.24, 2.45) is 0 Å². The number of carbonyl (C=O) groups is 1. The summed E-state index contributed by atoms with van der Waals surface area (Å²) in [5.74, 6) is 0.518. The molecular weight excluding hydrogens is 400 g/mol. The predicted octanol–water partition coefficient (Wildman–Crippen LogP) is 4.29. The van der Waals surface area contributed by atoms with Crippen molar-refractivity contribution in [2.45, 2.75) is 39.2 Å². The summed E-state index contributed by atoms with van der Waals surface area (Å²) in [5.41, 5.74) is 1.68. The molecule has 0 saturated carbocycles. The first kappa shape index (κ1) is 16.7. The quantitative estimate of drug-likeness (QED) is 0.598. The number of aryl methyl sites for hydroxylation is 3. The number of thiophene rings is 1. The lowest BCUT2D eigenvalue weighted by Gasteiger charge is -2.12. The fraction of sp³-hybridized carbons (Fsp3) is 0.316. The van der Waals surface area contributed by atoms with Crippen LogP contribution < -0.4 is 5.56 Å². The number of hydrogen-bond donors (Lipinski definition) is 0. The largest absolute Gasteiger partial charge is 0.292 e. The van der Waals surface area contributed by atoms with Gasteiger partial charge in [-0.05, 0) is 50.3 Å². The van der Waals surface area contributed by atoms with Gasteiger partial charge in [0.05, 0.1) is 11.9 Å². The monoisotopic (exact) mass is 416 g/mol. The molecule has 1 aliphatic carbocycles. The highest BCUT2D eigenvalue weighted by atomic mass is 79.9. The Morgan fingerprint density at radius 1 is 1.24 bits per heavy atom. The Labute approximate surface area is 157 Å². The molecule has 0 fully saturated rings. The van der Waals surface area contributed by atoms with Crippen LogP contribution in [0.3, 0.4) is 0 Å². The van der Waals surface area contributed by atoms with Crippen molar-refractivity contribution in [3.05, 3.63) is 60.9 Å². The maximum absolute atomic E-state index is 13.1. The lowest BCUT2D eigenvalue weighted by atomic mass is 9.97. The molecule has 25 heavy (non-hydrogen) atoms. The molecule has 4 nitrogen and oxygen atoms in total. The number of fused-ring (bicyclic) bond motifs is 3. The Kier molecular flexibility index (Phi) is 4.33. The SMILES string of the molecule is Cc1nc2sc3c(c2c(=O)n1CC(=O)c1ccc(Br)cc1)CCCC3. The minimum atomic E-state index is -0.0806. The third kappa shape index (κ3) is 2.98. The predicted molar refractivity (Wildman–Crippen MR) is 104 cm³/mol. The third-order valence-electron chi connectivity index (χ3n) is 4.73. The smallest absolute Gasteiger partial charge is 0.262 e. The van der Waals surface area contributed by atoms with Gasteiger partial charge in [0, 0.05) is 14.9 Å². The van der Waals surface area contributed by atoms with E-state index >= 15 is 0 Å². The van der Waals surface area contributed by atoms with Crippen LogP contribution in [-0.4, -0.2) is 15.3 Å². The first-order chi connectivity index (χ1) is 12.0.